The Morgan fingerprint density at radius 3 is 3.38 bits per heavy atom. The Balaban J connectivity index is 2.11. The highest BCUT2D eigenvalue weighted by molar-refractivity contribution is 7.13. The second-order valence-electron chi connectivity index (χ2n) is 3.32. The SMILES string of the molecule is CCCCB1NN=Cc2sccc21. The molecule has 1 N–H and O–H groups in total. The third kappa shape index (κ3) is 1.77. The molecule has 1 aromatic heterocycles. The maximum absolute atomic E-state index is 4.16. The fourth-order valence-electron chi connectivity index (χ4n) is 1.61. The summed E-state index contributed by atoms with van der Waals surface area (Å²) in [6.07, 6.45) is 5.63. The number of unbranched alkanes of at least 4 members (excludes halogenated alkanes) is 1. The predicted molar refractivity (Wildman–Crippen MR) is 60.2 cm³/mol. The number of rotatable bonds is 3. The standard InChI is InChI=1S/C9H13BN2S/c1-2-3-5-10-8-4-6-13-9(8)7-11-12-10/h4,6-7,12H,2-3,5H2,1H3. The Bertz CT molecular complexity index is 308. The minimum Gasteiger partial charge on any atom is -0.347 e. The quantitative estimate of drug-likeness (QED) is 0.724. The van der Waals surface area contributed by atoms with Crippen molar-refractivity contribution in [2.24, 2.45) is 5.10 Å². The summed E-state index contributed by atoms with van der Waals surface area (Å²) < 4.78 is 0. The van der Waals surface area contributed by atoms with Gasteiger partial charge in [0.1, 0.15) is 0 Å². The van der Waals surface area contributed by atoms with E-state index in [1.165, 1.54) is 29.5 Å². The molecule has 2 heterocycles. The second kappa shape index (κ2) is 3.96. The van der Waals surface area contributed by atoms with Gasteiger partial charge in [-0.25, -0.2) is 0 Å². The van der Waals surface area contributed by atoms with Crippen molar-refractivity contribution in [1.29, 1.82) is 0 Å². The number of nitrogens with one attached hydrogen (secondary N) is 1. The molecule has 13 heavy (non-hydrogen) atoms. The molecule has 4 heteroatoms. The molecule has 1 aliphatic rings. The third-order valence-corrected chi connectivity index (χ3v) is 3.23. The van der Waals surface area contributed by atoms with Gasteiger partial charge >= 0.3 is 6.85 Å². The maximum Gasteiger partial charge on any atom is 0.306 e. The van der Waals surface area contributed by atoms with E-state index in [1.807, 2.05) is 6.21 Å². The number of hydrogen-bond donors (Lipinski definition) is 1. The van der Waals surface area contributed by atoms with Crippen molar-refractivity contribution in [3.8, 4) is 0 Å². The van der Waals surface area contributed by atoms with E-state index < -0.39 is 0 Å². The zero-order chi connectivity index (χ0) is 9.10. The first-order chi connectivity index (χ1) is 6.42. The number of fused-ring (bicyclic) bond motifs is 1. The average molecular weight is 192 g/mol. The fraction of sp³-hybridized carbons (Fsp3) is 0.444. The summed E-state index contributed by atoms with van der Waals surface area (Å²) in [6.45, 7) is 2.67. The highest BCUT2D eigenvalue weighted by atomic mass is 32.1. The molecule has 2 nitrogen and oxygen atoms in total. The normalized spacial score (nSPS) is 14.1. The van der Waals surface area contributed by atoms with Crippen LogP contribution in [0.3, 0.4) is 0 Å². The Hall–Kier alpha value is -0.765. The Morgan fingerprint density at radius 2 is 2.54 bits per heavy atom. The van der Waals surface area contributed by atoms with E-state index in [2.05, 4.69) is 28.8 Å². The van der Waals surface area contributed by atoms with Gasteiger partial charge in [0.15, 0.2) is 0 Å². The van der Waals surface area contributed by atoms with Gasteiger partial charge in [-0.3, -0.25) is 0 Å². The van der Waals surface area contributed by atoms with Gasteiger partial charge < -0.3 is 5.34 Å². The van der Waals surface area contributed by atoms with Gasteiger partial charge in [-0.2, -0.15) is 5.10 Å². The highest BCUT2D eigenvalue weighted by Gasteiger charge is 2.22. The van der Waals surface area contributed by atoms with Crippen molar-refractivity contribution in [2.75, 3.05) is 0 Å². The highest BCUT2D eigenvalue weighted by Crippen LogP contribution is 2.10. The monoisotopic (exact) mass is 192 g/mol. The van der Waals surface area contributed by atoms with Crippen molar-refractivity contribution in [1.82, 2.24) is 5.34 Å². The number of nitrogens with zero attached hydrogens (tertiary/aromatic N) is 1. The van der Waals surface area contributed by atoms with Crippen LogP contribution in [0, 0.1) is 0 Å². The molecule has 0 fully saturated rings. The van der Waals surface area contributed by atoms with Crippen LogP contribution < -0.4 is 10.8 Å². The second-order valence-corrected chi connectivity index (χ2v) is 4.27. The van der Waals surface area contributed by atoms with Crippen molar-refractivity contribution in [3.63, 3.8) is 0 Å². The van der Waals surface area contributed by atoms with E-state index in [0.717, 1.165) is 0 Å². The van der Waals surface area contributed by atoms with Crippen LogP contribution in [0.5, 0.6) is 0 Å². The van der Waals surface area contributed by atoms with Gasteiger partial charge in [0.25, 0.3) is 0 Å². The van der Waals surface area contributed by atoms with Gasteiger partial charge in [0, 0.05) is 4.88 Å². The predicted octanol–water partition coefficient (Wildman–Crippen LogP) is 1.68. The molecular weight excluding hydrogens is 179 g/mol. The fourth-order valence-corrected chi connectivity index (χ4v) is 2.43. The lowest BCUT2D eigenvalue weighted by molar-refractivity contribution is 0.861. The molecule has 1 aromatic rings. The zero-order valence-corrected chi connectivity index (χ0v) is 8.60. The summed E-state index contributed by atoms with van der Waals surface area (Å²) in [7, 11) is 0. The van der Waals surface area contributed by atoms with Gasteiger partial charge in [-0.05, 0) is 17.2 Å². The van der Waals surface area contributed by atoms with Gasteiger partial charge in [0.05, 0.1) is 6.21 Å². The molecule has 0 radical (unpaired) electrons. The Morgan fingerprint density at radius 1 is 1.62 bits per heavy atom. The largest absolute Gasteiger partial charge is 0.347 e. The van der Waals surface area contributed by atoms with E-state index in [1.54, 1.807) is 11.3 Å². The molecule has 0 aliphatic carbocycles. The van der Waals surface area contributed by atoms with Crippen molar-refractivity contribution in [3.05, 3.63) is 16.3 Å². The van der Waals surface area contributed by atoms with E-state index in [9.17, 15) is 0 Å². The molecule has 0 unspecified atom stereocenters. The summed E-state index contributed by atoms with van der Waals surface area (Å²) in [5.41, 5.74) is 1.42. The Labute approximate surface area is 83.2 Å². The van der Waals surface area contributed by atoms with E-state index in [0.29, 0.717) is 6.85 Å². The minimum absolute atomic E-state index is 0.450. The number of thiophene rings is 1. The number of hydrogen-bond acceptors (Lipinski definition) is 3. The van der Waals surface area contributed by atoms with Crippen LogP contribution in [0.4, 0.5) is 0 Å². The first-order valence-electron chi connectivity index (χ1n) is 4.78. The summed E-state index contributed by atoms with van der Waals surface area (Å²) in [4.78, 5) is 1.32. The van der Waals surface area contributed by atoms with Crippen molar-refractivity contribution >= 4 is 29.9 Å². The lowest BCUT2D eigenvalue weighted by atomic mass is 9.53. The summed E-state index contributed by atoms with van der Waals surface area (Å²) in [6, 6.07) is 2.21. The summed E-state index contributed by atoms with van der Waals surface area (Å²) in [5, 5.41) is 9.47. The average Bonchev–Trinajstić information content (AvgIpc) is 2.62. The molecule has 0 spiro atoms. The lowest BCUT2D eigenvalue weighted by Crippen LogP contribution is -2.45. The zero-order valence-electron chi connectivity index (χ0n) is 7.79. The van der Waals surface area contributed by atoms with Crippen LogP contribution in [-0.4, -0.2) is 13.1 Å². The maximum atomic E-state index is 4.16. The summed E-state index contributed by atoms with van der Waals surface area (Å²) in [5.74, 6) is 0. The van der Waals surface area contributed by atoms with Crippen molar-refractivity contribution in [2.45, 2.75) is 26.1 Å². The van der Waals surface area contributed by atoms with Gasteiger partial charge in [0.2, 0.25) is 0 Å². The topological polar surface area (TPSA) is 24.4 Å². The summed E-state index contributed by atoms with van der Waals surface area (Å²) >= 11 is 1.77. The van der Waals surface area contributed by atoms with E-state index >= 15 is 0 Å². The van der Waals surface area contributed by atoms with Crippen LogP contribution in [0.15, 0.2) is 16.5 Å². The molecule has 0 aromatic carbocycles. The van der Waals surface area contributed by atoms with Crippen LogP contribution >= 0.6 is 11.3 Å². The smallest absolute Gasteiger partial charge is 0.306 e. The molecule has 68 valence electrons. The van der Waals surface area contributed by atoms with Crippen LogP contribution in [0.25, 0.3) is 0 Å². The Kier molecular flexibility index (Phi) is 2.69. The van der Waals surface area contributed by atoms with Crippen LogP contribution in [0.1, 0.15) is 24.6 Å². The van der Waals surface area contributed by atoms with Gasteiger partial charge in [-0.15, -0.1) is 11.3 Å². The molecule has 0 amide bonds. The molecule has 0 saturated heterocycles. The number of hydrazone groups is 1. The molecule has 2 rings (SSSR count). The van der Waals surface area contributed by atoms with Gasteiger partial charge in [-0.1, -0.05) is 25.8 Å². The third-order valence-electron chi connectivity index (χ3n) is 2.36. The first-order valence-corrected chi connectivity index (χ1v) is 5.65. The molecular formula is C9H13BN2S. The van der Waals surface area contributed by atoms with E-state index in [-0.39, 0.29) is 0 Å². The van der Waals surface area contributed by atoms with Crippen LogP contribution in [0.2, 0.25) is 6.32 Å². The van der Waals surface area contributed by atoms with Crippen LogP contribution in [-0.2, 0) is 0 Å². The first kappa shape index (κ1) is 8.82. The van der Waals surface area contributed by atoms with Crippen molar-refractivity contribution < 1.29 is 0 Å². The molecule has 0 bridgehead atoms. The van der Waals surface area contributed by atoms with E-state index in [4.69, 9.17) is 0 Å². The molecule has 1 aliphatic heterocycles. The lowest BCUT2D eigenvalue weighted by Gasteiger charge is -2.15. The minimum atomic E-state index is 0.450. The molecule has 0 saturated carbocycles. The molecule has 0 atom stereocenters.